The quantitative estimate of drug-likeness (QED) is 0.852. The van der Waals surface area contributed by atoms with Crippen molar-refractivity contribution in [3.8, 4) is 0 Å². The maximum Gasteiger partial charge on any atom is 0.256 e. The third-order valence-electron chi connectivity index (χ3n) is 2.24. The normalized spacial score (nSPS) is 10.2. The summed E-state index contributed by atoms with van der Waals surface area (Å²) in [4.78, 5) is 11.8. The van der Waals surface area contributed by atoms with E-state index in [1.165, 1.54) is 0 Å². The lowest BCUT2D eigenvalue weighted by molar-refractivity contribution is 0.102. The van der Waals surface area contributed by atoms with E-state index in [0.29, 0.717) is 23.0 Å². The molecule has 0 radical (unpaired) electrons. The molecule has 0 atom stereocenters. The SMILES string of the molecule is Cc1cc(NC(=O)c2ccc(CCl)cc2)no1. The number of aromatic nitrogens is 1. The molecule has 0 saturated carbocycles. The Morgan fingerprint density at radius 3 is 2.65 bits per heavy atom. The average Bonchev–Trinajstić information content (AvgIpc) is 2.75. The lowest BCUT2D eigenvalue weighted by Crippen LogP contribution is -2.11. The van der Waals surface area contributed by atoms with Gasteiger partial charge in [0.1, 0.15) is 5.76 Å². The van der Waals surface area contributed by atoms with Crippen molar-refractivity contribution < 1.29 is 9.32 Å². The van der Waals surface area contributed by atoms with Crippen molar-refractivity contribution in [2.24, 2.45) is 0 Å². The molecule has 1 amide bonds. The second-order valence-electron chi connectivity index (χ2n) is 3.61. The van der Waals surface area contributed by atoms with E-state index in [0.717, 1.165) is 5.56 Å². The number of benzene rings is 1. The Morgan fingerprint density at radius 1 is 1.41 bits per heavy atom. The van der Waals surface area contributed by atoms with E-state index >= 15 is 0 Å². The maximum absolute atomic E-state index is 11.8. The van der Waals surface area contributed by atoms with Crippen molar-refractivity contribution in [1.82, 2.24) is 5.16 Å². The smallest absolute Gasteiger partial charge is 0.256 e. The van der Waals surface area contributed by atoms with Gasteiger partial charge in [-0.3, -0.25) is 4.79 Å². The Bertz CT molecular complexity index is 520. The van der Waals surface area contributed by atoms with Gasteiger partial charge < -0.3 is 9.84 Å². The molecule has 0 unspecified atom stereocenters. The van der Waals surface area contributed by atoms with Crippen LogP contribution < -0.4 is 5.32 Å². The zero-order valence-corrected chi connectivity index (χ0v) is 9.99. The number of hydrogen-bond donors (Lipinski definition) is 1. The van der Waals surface area contributed by atoms with Crippen molar-refractivity contribution in [3.05, 3.63) is 47.2 Å². The number of amides is 1. The summed E-state index contributed by atoms with van der Waals surface area (Å²) in [6.45, 7) is 1.76. The first-order chi connectivity index (χ1) is 8.19. The number of halogens is 1. The third kappa shape index (κ3) is 2.85. The first-order valence-electron chi connectivity index (χ1n) is 5.08. The van der Waals surface area contributed by atoms with Crippen LogP contribution in [0.25, 0.3) is 0 Å². The Hall–Kier alpha value is -1.81. The van der Waals surface area contributed by atoms with Crippen molar-refractivity contribution in [1.29, 1.82) is 0 Å². The van der Waals surface area contributed by atoms with Crippen LogP contribution in [0.4, 0.5) is 5.82 Å². The fraction of sp³-hybridized carbons (Fsp3) is 0.167. The second-order valence-corrected chi connectivity index (χ2v) is 3.87. The maximum atomic E-state index is 11.8. The van der Waals surface area contributed by atoms with Gasteiger partial charge in [-0.05, 0) is 24.6 Å². The monoisotopic (exact) mass is 250 g/mol. The number of nitrogens with zero attached hydrogens (tertiary/aromatic N) is 1. The lowest BCUT2D eigenvalue weighted by Gasteiger charge is -2.01. The van der Waals surface area contributed by atoms with Crippen LogP contribution >= 0.6 is 11.6 Å². The molecule has 5 heteroatoms. The molecule has 0 aliphatic heterocycles. The molecule has 88 valence electrons. The molecular formula is C12H11ClN2O2. The fourth-order valence-electron chi connectivity index (χ4n) is 1.36. The molecule has 0 fully saturated rings. The van der Waals surface area contributed by atoms with Crippen LogP contribution in [0, 0.1) is 6.92 Å². The summed E-state index contributed by atoms with van der Waals surface area (Å²) in [6, 6.07) is 8.73. The number of rotatable bonds is 3. The number of nitrogens with one attached hydrogen (secondary N) is 1. The summed E-state index contributed by atoms with van der Waals surface area (Å²) < 4.78 is 4.86. The van der Waals surface area contributed by atoms with E-state index in [1.807, 2.05) is 12.1 Å². The molecule has 0 saturated heterocycles. The number of carbonyl (C=O) groups is 1. The van der Waals surface area contributed by atoms with Gasteiger partial charge in [-0.1, -0.05) is 17.3 Å². The predicted molar refractivity (Wildman–Crippen MR) is 65.2 cm³/mol. The van der Waals surface area contributed by atoms with E-state index in [-0.39, 0.29) is 5.91 Å². The standard InChI is InChI=1S/C12H11ClN2O2/c1-8-6-11(15-17-8)14-12(16)10-4-2-9(7-13)3-5-10/h2-6H,7H2,1H3,(H,14,15,16). The molecule has 0 aliphatic carbocycles. The third-order valence-corrected chi connectivity index (χ3v) is 2.55. The second kappa shape index (κ2) is 5.01. The summed E-state index contributed by atoms with van der Waals surface area (Å²) in [5.74, 6) is 1.27. The topological polar surface area (TPSA) is 55.1 Å². The van der Waals surface area contributed by atoms with E-state index in [4.69, 9.17) is 16.1 Å². The molecule has 17 heavy (non-hydrogen) atoms. The van der Waals surface area contributed by atoms with Crippen LogP contribution in [-0.4, -0.2) is 11.1 Å². The van der Waals surface area contributed by atoms with Crippen molar-refractivity contribution in [2.75, 3.05) is 5.32 Å². The van der Waals surface area contributed by atoms with Gasteiger partial charge in [0.15, 0.2) is 5.82 Å². The van der Waals surface area contributed by atoms with Gasteiger partial charge in [-0.25, -0.2) is 0 Å². The van der Waals surface area contributed by atoms with Crippen molar-refractivity contribution in [2.45, 2.75) is 12.8 Å². The highest BCUT2D eigenvalue weighted by atomic mass is 35.5. The fourth-order valence-corrected chi connectivity index (χ4v) is 1.54. The molecule has 2 aromatic rings. The predicted octanol–water partition coefficient (Wildman–Crippen LogP) is 2.97. The minimum atomic E-state index is -0.223. The first-order valence-corrected chi connectivity index (χ1v) is 5.62. The average molecular weight is 251 g/mol. The molecule has 2 rings (SSSR count). The summed E-state index contributed by atoms with van der Waals surface area (Å²) in [7, 11) is 0. The van der Waals surface area contributed by atoms with E-state index in [1.54, 1.807) is 25.1 Å². The molecule has 4 nitrogen and oxygen atoms in total. The van der Waals surface area contributed by atoms with Gasteiger partial charge in [0.25, 0.3) is 5.91 Å². The molecule has 1 aromatic carbocycles. The van der Waals surface area contributed by atoms with E-state index in [2.05, 4.69) is 10.5 Å². The molecule has 1 heterocycles. The highest BCUT2D eigenvalue weighted by molar-refractivity contribution is 6.17. The van der Waals surface area contributed by atoms with Gasteiger partial charge in [0, 0.05) is 17.5 Å². The van der Waals surface area contributed by atoms with Gasteiger partial charge in [-0.2, -0.15) is 0 Å². The van der Waals surface area contributed by atoms with Gasteiger partial charge in [0.05, 0.1) is 0 Å². The highest BCUT2D eigenvalue weighted by Gasteiger charge is 2.08. The van der Waals surface area contributed by atoms with Crippen molar-refractivity contribution >= 4 is 23.3 Å². The molecule has 0 spiro atoms. The Labute approximate surface area is 104 Å². The number of alkyl halides is 1. The van der Waals surface area contributed by atoms with Crippen LogP contribution in [0.1, 0.15) is 21.7 Å². The number of carbonyl (C=O) groups excluding carboxylic acids is 1. The zero-order chi connectivity index (χ0) is 12.3. The Morgan fingerprint density at radius 2 is 2.12 bits per heavy atom. The number of hydrogen-bond acceptors (Lipinski definition) is 3. The van der Waals surface area contributed by atoms with E-state index < -0.39 is 0 Å². The van der Waals surface area contributed by atoms with Crippen LogP contribution in [-0.2, 0) is 5.88 Å². The van der Waals surface area contributed by atoms with Crippen LogP contribution in [0.5, 0.6) is 0 Å². The van der Waals surface area contributed by atoms with E-state index in [9.17, 15) is 4.79 Å². The summed E-state index contributed by atoms with van der Waals surface area (Å²) >= 11 is 5.67. The zero-order valence-electron chi connectivity index (χ0n) is 9.24. The van der Waals surface area contributed by atoms with Crippen LogP contribution in [0.15, 0.2) is 34.9 Å². The molecule has 1 N–H and O–H groups in total. The van der Waals surface area contributed by atoms with Gasteiger partial charge >= 0.3 is 0 Å². The minimum Gasteiger partial charge on any atom is -0.360 e. The molecule has 1 aromatic heterocycles. The molecule has 0 bridgehead atoms. The van der Waals surface area contributed by atoms with Crippen LogP contribution in [0.3, 0.4) is 0 Å². The minimum absolute atomic E-state index is 0.223. The summed E-state index contributed by atoms with van der Waals surface area (Å²) in [5.41, 5.74) is 1.53. The molecular weight excluding hydrogens is 240 g/mol. The summed E-state index contributed by atoms with van der Waals surface area (Å²) in [5, 5.41) is 6.33. The Kier molecular flexibility index (Phi) is 3.44. The van der Waals surface area contributed by atoms with Crippen LogP contribution in [0.2, 0.25) is 0 Å². The first kappa shape index (κ1) is 11.7. The van der Waals surface area contributed by atoms with Gasteiger partial charge in [0.2, 0.25) is 0 Å². The largest absolute Gasteiger partial charge is 0.360 e. The highest BCUT2D eigenvalue weighted by Crippen LogP contribution is 2.11. The number of anilines is 1. The Balaban J connectivity index is 2.09. The number of aryl methyl sites for hydroxylation is 1. The lowest BCUT2D eigenvalue weighted by atomic mass is 10.1. The molecule has 0 aliphatic rings. The van der Waals surface area contributed by atoms with Crippen molar-refractivity contribution in [3.63, 3.8) is 0 Å². The summed E-state index contributed by atoms with van der Waals surface area (Å²) in [6.07, 6.45) is 0. The van der Waals surface area contributed by atoms with Gasteiger partial charge in [-0.15, -0.1) is 11.6 Å².